The van der Waals surface area contributed by atoms with Gasteiger partial charge in [-0.15, -0.1) is 0 Å². The number of esters is 1. The summed E-state index contributed by atoms with van der Waals surface area (Å²) in [5.41, 5.74) is 1.26. The highest BCUT2D eigenvalue weighted by molar-refractivity contribution is 6.33. The fourth-order valence-electron chi connectivity index (χ4n) is 2.15. The molecule has 5 nitrogen and oxygen atoms in total. The lowest BCUT2D eigenvalue weighted by molar-refractivity contribution is 0.0602. The van der Waals surface area contributed by atoms with Crippen molar-refractivity contribution in [1.29, 1.82) is 0 Å². The molecule has 0 atom stereocenters. The summed E-state index contributed by atoms with van der Waals surface area (Å²) in [5.74, 6) is 0.0892. The Hall–Kier alpha value is -1.72. The molecule has 1 N–H and O–H groups in total. The Morgan fingerprint density at radius 3 is 2.75 bits per heavy atom. The van der Waals surface area contributed by atoms with Gasteiger partial charge in [0.1, 0.15) is 5.75 Å². The molecule has 0 aliphatic carbocycles. The van der Waals surface area contributed by atoms with E-state index in [1.54, 1.807) is 18.3 Å². The van der Waals surface area contributed by atoms with Gasteiger partial charge >= 0.3 is 5.97 Å². The molecule has 0 aliphatic heterocycles. The van der Waals surface area contributed by atoms with E-state index in [2.05, 4.69) is 0 Å². The minimum absolute atomic E-state index is 0.0805. The summed E-state index contributed by atoms with van der Waals surface area (Å²) in [6, 6.07) is 3.47. The molecular weight excluding hydrogens is 282 g/mol. The molecule has 6 heteroatoms. The first-order valence-corrected chi connectivity index (χ1v) is 6.55. The molecule has 0 bridgehead atoms. The number of benzene rings is 1. The third kappa shape index (κ3) is 2.59. The number of hydrogen-bond acceptors (Lipinski definition) is 4. The van der Waals surface area contributed by atoms with E-state index >= 15 is 0 Å². The van der Waals surface area contributed by atoms with E-state index in [0.29, 0.717) is 29.3 Å². The van der Waals surface area contributed by atoms with Gasteiger partial charge in [0.05, 0.1) is 30.3 Å². The summed E-state index contributed by atoms with van der Waals surface area (Å²) >= 11 is 6.13. The van der Waals surface area contributed by atoms with Crippen molar-refractivity contribution in [2.45, 2.75) is 13.0 Å². The smallest absolute Gasteiger partial charge is 0.340 e. The number of halogens is 1. The van der Waals surface area contributed by atoms with Gasteiger partial charge < -0.3 is 19.1 Å². The number of ether oxygens (including phenoxy) is 2. The molecule has 0 aliphatic rings. The van der Waals surface area contributed by atoms with Crippen LogP contribution < -0.4 is 4.74 Å². The fourth-order valence-corrected chi connectivity index (χ4v) is 2.38. The van der Waals surface area contributed by atoms with Gasteiger partial charge in [-0.25, -0.2) is 4.79 Å². The van der Waals surface area contributed by atoms with Gasteiger partial charge in [-0.2, -0.15) is 0 Å². The number of hydrogen-bond donors (Lipinski definition) is 1. The topological polar surface area (TPSA) is 60.7 Å². The van der Waals surface area contributed by atoms with Crippen LogP contribution in [-0.4, -0.2) is 36.5 Å². The van der Waals surface area contributed by atoms with Crippen LogP contribution in [0.5, 0.6) is 5.75 Å². The van der Waals surface area contributed by atoms with E-state index < -0.39 is 5.97 Å². The number of aryl methyl sites for hydroxylation is 1. The highest BCUT2D eigenvalue weighted by Crippen LogP contribution is 2.33. The number of aliphatic hydroxyl groups excluding tert-OH is 1. The minimum Gasteiger partial charge on any atom is -0.495 e. The van der Waals surface area contributed by atoms with E-state index in [0.717, 1.165) is 10.9 Å². The lowest BCUT2D eigenvalue weighted by Crippen LogP contribution is -2.01. The van der Waals surface area contributed by atoms with Gasteiger partial charge in [-0.1, -0.05) is 11.6 Å². The highest BCUT2D eigenvalue weighted by Gasteiger charge is 2.17. The normalized spacial score (nSPS) is 10.8. The third-order valence-electron chi connectivity index (χ3n) is 3.12. The van der Waals surface area contributed by atoms with Crippen molar-refractivity contribution in [3.8, 4) is 5.75 Å². The molecule has 0 saturated heterocycles. The second-order valence-corrected chi connectivity index (χ2v) is 4.72. The average molecular weight is 298 g/mol. The first-order valence-electron chi connectivity index (χ1n) is 6.18. The number of carbonyl (C=O) groups is 1. The van der Waals surface area contributed by atoms with Crippen LogP contribution in [0.1, 0.15) is 16.8 Å². The fraction of sp³-hybridized carbons (Fsp3) is 0.357. The molecule has 0 saturated carbocycles. The summed E-state index contributed by atoms with van der Waals surface area (Å²) in [4.78, 5) is 11.8. The Labute approximate surface area is 121 Å². The molecule has 0 amide bonds. The number of methoxy groups -OCH3 is 2. The van der Waals surface area contributed by atoms with Crippen molar-refractivity contribution in [1.82, 2.24) is 4.57 Å². The second-order valence-electron chi connectivity index (χ2n) is 4.31. The molecule has 1 aromatic heterocycles. The SMILES string of the molecule is COC(=O)c1cn(CCCO)c2cc(Cl)c(OC)cc12. The zero-order chi connectivity index (χ0) is 14.7. The Bertz CT molecular complexity index is 636. The number of nitrogens with zero attached hydrogens (tertiary/aromatic N) is 1. The average Bonchev–Trinajstić information content (AvgIpc) is 2.81. The molecule has 1 heterocycles. The monoisotopic (exact) mass is 297 g/mol. The number of rotatable bonds is 5. The molecule has 108 valence electrons. The number of fused-ring (bicyclic) bond motifs is 1. The first kappa shape index (κ1) is 14.7. The van der Waals surface area contributed by atoms with Crippen LogP contribution in [-0.2, 0) is 11.3 Å². The van der Waals surface area contributed by atoms with Crippen molar-refractivity contribution in [3.63, 3.8) is 0 Å². The molecular formula is C14H16ClNO4. The van der Waals surface area contributed by atoms with Crippen LogP contribution in [0.3, 0.4) is 0 Å². The van der Waals surface area contributed by atoms with E-state index in [-0.39, 0.29) is 6.61 Å². The summed E-state index contributed by atoms with van der Waals surface area (Å²) in [6.07, 6.45) is 2.30. The second kappa shape index (κ2) is 6.15. The van der Waals surface area contributed by atoms with Crippen LogP contribution >= 0.6 is 11.6 Å². The van der Waals surface area contributed by atoms with Crippen LogP contribution in [0.25, 0.3) is 10.9 Å². The van der Waals surface area contributed by atoms with Crippen LogP contribution in [0.15, 0.2) is 18.3 Å². The van der Waals surface area contributed by atoms with Gasteiger partial charge in [0.15, 0.2) is 0 Å². The lowest BCUT2D eigenvalue weighted by atomic mass is 10.1. The lowest BCUT2D eigenvalue weighted by Gasteiger charge is -2.06. The molecule has 20 heavy (non-hydrogen) atoms. The van der Waals surface area contributed by atoms with Crippen molar-refractivity contribution in [2.75, 3.05) is 20.8 Å². The van der Waals surface area contributed by atoms with E-state index in [1.165, 1.54) is 14.2 Å². The summed E-state index contributed by atoms with van der Waals surface area (Å²) in [5, 5.41) is 10.1. The van der Waals surface area contributed by atoms with Crippen molar-refractivity contribution < 1.29 is 19.4 Å². The van der Waals surface area contributed by atoms with Gasteiger partial charge in [-0.05, 0) is 18.6 Å². The van der Waals surface area contributed by atoms with Crippen LogP contribution in [0.2, 0.25) is 5.02 Å². The third-order valence-corrected chi connectivity index (χ3v) is 3.41. The largest absolute Gasteiger partial charge is 0.495 e. The molecule has 0 spiro atoms. The molecule has 1 aromatic carbocycles. The molecule has 0 fully saturated rings. The van der Waals surface area contributed by atoms with E-state index in [9.17, 15) is 4.79 Å². The Morgan fingerprint density at radius 2 is 2.15 bits per heavy atom. The van der Waals surface area contributed by atoms with Gasteiger partial charge in [-0.3, -0.25) is 0 Å². The van der Waals surface area contributed by atoms with E-state index in [1.807, 2.05) is 4.57 Å². The molecule has 0 radical (unpaired) electrons. The maximum atomic E-state index is 11.8. The van der Waals surface area contributed by atoms with Crippen molar-refractivity contribution in [3.05, 3.63) is 28.9 Å². The quantitative estimate of drug-likeness (QED) is 0.861. The maximum Gasteiger partial charge on any atom is 0.340 e. The standard InChI is InChI=1S/C14H16ClNO4/c1-19-13-6-9-10(14(18)20-2)8-16(4-3-5-17)12(9)7-11(13)15/h6-8,17H,3-5H2,1-2H3. The van der Waals surface area contributed by atoms with Crippen molar-refractivity contribution in [2.24, 2.45) is 0 Å². The maximum absolute atomic E-state index is 11.8. The predicted molar refractivity (Wildman–Crippen MR) is 76.5 cm³/mol. The van der Waals surface area contributed by atoms with Crippen LogP contribution in [0, 0.1) is 0 Å². The first-order chi connectivity index (χ1) is 9.62. The molecule has 2 rings (SSSR count). The summed E-state index contributed by atoms with van der Waals surface area (Å²) in [7, 11) is 2.86. The minimum atomic E-state index is -0.415. The van der Waals surface area contributed by atoms with Crippen molar-refractivity contribution >= 4 is 28.5 Å². The highest BCUT2D eigenvalue weighted by atomic mass is 35.5. The zero-order valence-corrected chi connectivity index (χ0v) is 12.1. The Balaban J connectivity index is 2.63. The number of aromatic nitrogens is 1. The van der Waals surface area contributed by atoms with Gasteiger partial charge in [0.2, 0.25) is 0 Å². The van der Waals surface area contributed by atoms with Gasteiger partial charge in [0.25, 0.3) is 0 Å². The molecule has 2 aromatic rings. The Kier molecular flexibility index (Phi) is 4.52. The number of carbonyl (C=O) groups excluding carboxylic acids is 1. The molecule has 0 unspecified atom stereocenters. The predicted octanol–water partition coefficient (Wildman–Crippen LogP) is 2.47. The Morgan fingerprint density at radius 1 is 1.40 bits per heavy atom. The summed E-state index contributed by atoms with van der Waals surface area (Å²) in [6.45, 7) is 0.670. The summed E-state index contributed by atoms with van der Waals surface area (Å²) < 4.78 is 11.8. The zero-order valence-electron chi connectivity index (χ0n) is 11.4. The number of aliphatic hydroxyl groups is 1. The van der Waals surface area contributed by atoms with Gasteiger partial charge in [0, 0.05) is 24.7 Å². The van der Waals surface area contributed by atoms with E-state index in [4.69, 9.17) is 26.2 Å². The van der Waals surface area contributed by atoms with Crippen LogP contribution in [0.4, 0.5) is 0 Å².